The summed E-state index contributed by atoms with van der Waals surface area (Å²) in [7, 11) is 0. The highest BCUT2D eigenvalue weighted by atomic mass is 35.5. The van der Waals surface area contributed by atoms with Gasteiger partial charge in [-0.05, 0) is 43.4 Å². The molecule has 0 bridgehead atoms. The Morgan fingerprint density at radius 1 is 1.11 bits per heavy atom. The van der Waals surface area contributed by atoms with Gasteiger partial charge in [0.05, 0.1) is 0 Å². The molecule has 0 radical (unpaired) electrons. The number of carboxylic acid groups (broad SMARTS) is 1. The monoisotopic (exact) mass is 308 g/mol. The van der Waals surface area contributed by atoms with E-state index in [-0.39, 0.29) is 6.42 Å². The summed E-state index contributed by atoms with van der Waals surface area (Å²) < 4.78 is -1.65. The van der Waals surface area contributed by atoms with E-state index in [4.69, 9.17) is 39.9 Å². The zero-order valence-electron chi connectivity index (χ0n) is 9.83. The van der Waals surface area contributed by atoms with Crippen molar-refractivity contribution in [1.82, 2.24) is 0 Å². The lowest BCUT2D eigenvalue weighted by Gasteiger charge is -2.13. The van der Waals surface area contributed by atoms with Crippen LogP contribution >= 0.6 is 34.8 Å². The second-order valence-corrected chi connectivity index (χ2v) is 6.12. The highest BCUT2D eigenvalue weighted by Gasteiger charge is 2.32. The Kier molecular flexibility index (Phi) is 6.27. The Bertz CT molecular complexity index is 388. The van der Waals surface area contributed by atoms with E-state index >= 15 is 0 Å². The summed E-state index contributed by atoms with van der Waals surface area (Å²) in [5.74, 6) is -1.18. The van der Waals surface area contributed by atoms with Crippen molar-refractivity contribution in [3.8, 4) is 0 Å². The van der Waals surface area contributed by atoms with Crippen LogP contribution in [-0.2, 0) is 11.2 Å². The second kappa shape index (κ2) is 7.22. The lowest BCUT2D eigenvalue weighted by molar-refractivity contribution is -0.138. The van der Waals surface area contributed by atoms with Crippen molar-refractivity contribution in [3.05, 3.63) is 34.9 Å². The number of carboxylic acids is 1. The molecule has 0 aliphatic carbocycles. The average Bonchev–Trinajstić information content (AvgIpc) is 2.31. The first-order chi connectivity index (χ1) is 8.42. The number of aliphatic carboxylic acids is 1. The fourth-order valence-corrected chi connectivity index (χ4v) is 2.00. The Hall–Kier alpha value is -0.440. The normalized spacial score (nSPS) is 11.5. The van der Waals surface area contributed by atoms with Crippen LogP contribution in [0.2, 0.25) is 5.02 Å². The van der Waals surface area contributed by atoms with Crippen LogP contribution in [0.4, 0.5) is 0 Å². The smallest absolute Gasteiger partial charge is 0.340 e. The molecule has 0 spiro atoms. The van der Waals surface area contributed by atoms with E-state index in [1.807, 2.05) is 24.3 Å². The quantitative estimate of drug-likeness (QED) is 0.585. The predicted octanol–water partition coefficient (Wildman–Crippen LogP) is 4.70. The minimum absolute atomic E-state index is 0.270. The number of alkyl halides is 2. The van der Waals surface area contributed by atoms with Crippen LogP contribution in [0.1, 0.15) is 31.2 Å². The van der Waals surface area contributed by atoms with Crippen LogP contribution in [-0.4, -0.2) is 15.4 Å². The maximum atomic E-state index is 10.7. The largest absolute Gasteiger partial charge is 0.479 e. The van der Waals surface area contributed by atoms with Gasteiger partial charge in [0.15, 0.2) is 0 Å². The van der Waals surface area contributed by atoms with Gasteiger partial charge in [0, 0.05) is 5.02 Å². The third-order valence-electron chi connectivity index (χ3n) is 2.68. The molecule has 0 fully saturated rings. The molecule has 0 atom stereocenters. The van der Waals surface area contributed by atoms with Gasteiger partial charge in [-0.25, -0.2) is 4.79 Å². The molecule has 1 aromatic rings. The lowest BCUT2D eigenvalue weighted by atomic mass is 10.1. The van der Waals surface area contributed by atoms with E-state index in [0.29, 0.717) is 6.42 Å². The van der Waals surface area contributed by atoms with Gasteiger partial charge in [-0.2, -0.15) is 0 Å². The van der Waals surface area contributed by atoms with Crippen molar-refractivity contribution < 1.29 is 9.90 Å². The standard InChI is InChI=1S/C13H15Cl3O2/c14-11-7-5-10(6-8-11)4-2-1-3-9-13(15,16)12(17)18/h5-8H,1-4,9H2,(H,17,18). The third-order valence-corrected chi connectivity index (χ3v) is 3.64. The molecule has 2 nitrogen and oxygen atoms in total. The van der Waals surface area contributed by atoms with Crippen LogP contribution in [0.5, 0.6) is 0 Å². The van der Waals surface area contributed by atoms with Gasteiger partial charge >= 0.3 is 5.97 Å². The Morgan fingerprint density at radius 3 is 2.28 bits per heavy atom. The van der Waals surface area contributed by atoms with Crippen molar-refractivity contribution in [2.75, 3.05) is 0 Å². The van der Waals surface area contributed by atoms with Gasteiger partial charge in [0.25, 0.3) is 0 Å². The maximum Gasteiger partial charge on any atom is 0.340 e. The summed E-state index contributed by atoms with van der Waals surface area (Å²) in [6, 6.07) is 7.72. The van der Waals surface area contributed by atoms with Crippen LogP contribution in [0.3, 0.4) is 0 Å². The van der Waals surface area contributed by atoms with Crippen LogP contribution in [0.25, 0.3) is 0 Å². The molecule has 0 aromatic heterocycles. The molecule has 1 N–H and O–H groups in total. The zero-order valence-corrected chi connectivity index (χ0v) is 12.1. The number of carbonyl (C=O) groups is 1. The number of hydrogen-bond acceptors (Lipinski definition) is 1. The molecule has 0 unspecified atom stereocenters. The SMILES string of the molecule is O=C(O)C(Cl)(Cl)CCCCCc1ccc(Cl)cc1. The van der Waals surface area contributed by atoms with E-state index in [2.05, 4.69) is 0 Å². The molecule has 0 aliphatic heterocycles. The minimum Gasteiger partial charge on any atom is -0.479 e. The summed E-state index contributed by atoms with van der Waals surface area (Å²) in [4.78, 5) is 10.7. The molecular weight excluding hydrogens is 294 g/mol. The first-order valence-electron chi connectivity index (χ1n) is 5.77. The number of benzene rings is 1. The Labute approximate surface area is 122 Å². The number of hydrogen-bond donors (Lipinski definition) is 1. The molecule has 100 valence electrons. The molecule has 0 aliphatic rings. The molecule has 5 heteroatoms. The van der Waals surface area contributed by atoms with E-state index in [0.717, 1.165) is 24.3 Å². The lowest BCUT2D eigenvalue weighted by Crippen LogP contribution is -2.25. The molecule has 1 rings (SSSR count). The van der Waals surface area contributed by atoms with Gasteiger partial charge in [-0.3, -0.25) is 0 Å². The van der Waals surface area contributed by atoms with E-state index in [9.17, 15) is 4.79 Å². The highest BCUT2D eigenvalue weighted by Crippen LogP contribution is 2.28. The molecule has 1 aromatic carbocycles. The van der Waals surface area contributed by atoms with Gasteiger partial charge in [-0.15, -0.1) is 0 Å². The van der Waals surface area contributed by atoms with Gasteiger partial charge in [-0.1, -0.05) is 53.4 Å². The molecule has 0 saturated heterocycles. The van der Waals surface area contributed by atoms with E-state index in [1.54, 1.807) is 0 Å². The van der Waals surface area contributed by atoms with Crippen LogP contribution < -0.4 is 0 Å². The molecule has 0 heterocycles. The highest BCUT2D eigenvalue weighted by molar-refractivity contribution is 6.57. The number of unbranched alkanes of at least 4 members (excludes halogenated alkanes) is 2. The van der Waals surface area contributed by atoms with Gasteiger partial charge in [0.2, 0.25) is 4.33 Å². The van der Waals surface area contributed by atoms with E-state index < -0.39 is 10.3 Å². The summed E-state index contributed by atoms with van der Waals surface area (Å²) in [6.45, 7) is 0. The second-order valence-electron chi connectivity index (χ2n) is 4.20. The van der Waals surface area contributed by atoms with Crippen molar-refractivity contribution in [2.45, 2.75) is 36.4 Å². The van der Waals surface area contributed by atoms with Crippen molar-refractivity contribution in [1.29, 1.82) is 0 Å². The molecule has 18 heavy (non-hydrogen) atoms. The Balaban J connectivity index is 2.20. The third kappa shape index (κ3) is 5.47. The summed E-state index contributed by atoms with van der Waals surface area (Å²) in [6.07, 6.45) is 3.79. The Morgan fingerprint density at radius 2 is 1.72 bits per heavy atom. The molecule has 0 saturated carbocycles. The summed E-state index contributed by atoms with van der Waals surface area (Å²) in [5, 5.41) is 9.46. The molecular formula is C13H15Cl3O2. The first-order valence-corrected chi connectivity index (χ1v) is 6.91. The van der Waals surface area contributed by atoms with Crippen molar-refractivity contribution >= 4 is 40.8 Å². The number of aryl methyl sites for hydroxylation is 1. The first kappa shape index (κ1) is 15.6. The predicted molar refractivity (Wildman–Crippen MR) is 75.7 cm³/mol. The average molecular weight is 310 g/mol. The number of rotatable bonds is 7. The van der Waals surface area contributed by atoms with E-state index in [1.165, 1.54) is 5.56 Å². The minimum atomic E-state index is -1.65. The fraction of sp³-hybridized carbons (Fsp3) is 0.462. The summed E-state index contributed by atoms with van der Waals surface area (Å²) in [5.41, 5.74) is 1.22. The topological polar surface area (TPSA) is 37.3 Å². The van der Waals surface area contributed by atoms with Gasteiger partial charge < -0.3 is 5.11 Å². The van der Waals surface area contributed by atoms with Gasteiger partial charge in [0.1, 0.15) is 0 Å². The number of halogens is 3. The van der Waals surface area contributed by atoms with Crippen LogP contribution in [0, 0.1) is 0 Å². The molecule has 0 amide bonds. The zero-order chi connectivity index (χ0) is 13.6. The maximum absolute atomic E-state index is 10.7. The fourth-order valence-electron chi connectivity index (χ4n) is 1.61. The van der Waals surface area contributed by atoms with Crippen LogP contribution in [0.15, 0.2) is 24.3 Å². The van der Waals surface area contributed by atoms with Crippen molar-refractivity contribution in [2.24, 2.45) is 0 Å². The summed E-state index contributed by atoms with van der Waals surface area (Å²) >= 11 is 17.1. The van der Waals surface area contributed by atoms with Crippen molar-refractivity contribution in [3.63, 3.8) is 0 Å².